The number of aryl methyl sites for hydroxylation is 1. The molecule has 1 aromatic heterocycles. The molecule has 0 spiro atoms. The van der Waals surface area contributed by atoms with E-state index in [4.69, 9.17) is 0 Å². The second kappa shape index (κ2) is 5.05. The van der Waals surface area contributed by atoms with Crippen molar-refractivity contribution in [3.63, 3.8) is 0 Å². The van der Waals surface area contributed by atoms with Crippen LogP contribution < -0.4 is 4.90 Å². The number of hydrogen-bond acceptors (Lipinski definition) is 4. The first-order valence-electron chi connectivity index (χ1n) is 5.60. The van der Waals surface area contributed by atoms with Crippen molar-refractivity contribution in [1.29, 1.82) is 0 Å². The first-order chi connectivity index (χ1) is 8.99. The number of nitro groups is 1. The normalized spacial score (nSPS) is 10.5. The highest BCUT2D eigenvalue weighted by Crippen LogP contribution is 2.25. The van der Waals surface area contributed by atoms with E-state index in [2.05, 4.69) is 4.98 Å². The van der Waals surface area contributed by atoms with E-state index in [0.717, 1.165) is 5.56 Å². The molecule has 0 aliphatic rings. The first kappa shape index (κ1) is 13.0. The lowest BCUT2D eigenvalue weighted by Crippen LogP contribution is -2.20. The smallest absolute Gasteiger partial charge is 0.358 e. The van der Waals surface area contributed by atoms with Crippen LogP contribution in [0.3, 0.4) is 0 Å². The van der Waals surface area contributed by atoms with Gasteiger partial charge in [0.25, 0.3) is 0 Å². The Balaban J connectivity index is 2.27. The fourth-order valence-corrected chi connectivity index (χ4v) is 1.96. The summed E-state index contributed by atoms with van der Waals surface area (Å²) in [6.45, 7) is 0.359. The van der Waals surface area contributed by atoms with E-state index in [0.29, 0.717) is 12.4 Å². The molecule has 0 amide bonds. The zero-order valence-electron chi connectivity index (χ0n) is 10.6. The van der Waals surface area contributed by atoms with Gasteiger partial charge in [-0.1, -0.05) is 12.1 Å². The third-order valence-electron chi connectivity index (χ3n) is 2.73. The summed E-state index contributed by atoms with van der Waals surface area (Å²) in [5.41, 5.74) is 0.734. The number of hydrogen-bond donors (Lipinski definition) is 0. The minimum Gasteiger partial charge on any atom is -0.358 e. The fraction of sp³-hybridized carbons (Fsp3) is 0.250. The lowest BCUT2D eigenvalue weighted by molar-refractivity contribution is -0.388. The summed E-state index contributed by atoms with van der Waals surface area (Å²) >= 11 is 0. The predicted molar refractivity (Wildman–Crippen MR) is 68.4 cm³/mol. The van der Waals surface area contributed by atoms with E-state index >= 15 is 0 Å². The van der Waals surface area contributed by atoms with E-state index in [1.165, 1.54) is 18.5 Å². The number of nitrogens with zero attached hydrogens (tertiary/aromatic N) is 4. The second-order valence-electron chi connectivity index (χ2n) is 4.25. The number of halogens is 1. The first-order valence-corrected chi connectivity index (χ1v) is 5.60. The molecule has 7 heteroatoms. The van der Waals surface area contributed by atoms with Crippen molar-refractivity contribution in [3.05, 3.63) is 52.1 Å². The molecule has 2 aromatic rings. The molecular formula is C12H13FN4O2. The van der Waals surface area contributed by atoms with Crippen molar-refractivity contribution >= 4 is 11.6 Å². The lowest BCUT2D eigenvalue weighted by atomic mass is 10.2. The lowest BCUT2D eigenvalue weighted by Gasteiger charge is -2.18. The molecule has 100 valence electrons. The van der Waals surface area contributed by atoms with Crippen LogP contribution in [0.4, 0.5) is 16.0 Å². The fourth-order valence-electron chi connectivity index (χ4n) is 1.96. The standard InChI is InChI=1S/C12H13FN4O2/c1-15(7-9-4-3-5-10(13)6-9)12-11(17(18)19)14-8-16(12)2/h3-6,8H,7H2,1-2H3. The number of anilines is 1. The van der Waals surface area contributed by atoms with Gasteiger partial charge in [-0.15, -0.1) is 0 Å². The third kappa shape index (κ3) is 2.70. The molecule has 0 atom stereocenters. The van der Waals surface area contributed by atoms with Gasteiger partial charge in [-0.05, 0) is 27.6 Å². The summed E-state index contributed by atoms with van der Waals surface area (Å²) in [5, 5.41) is 10.9. The van der Waals surface area contributed by atoms with Crippen molar-refractivity contribution < 1.29 is 9.31 Å². The summed E-state index contributed by atoms with van der Waals surface area (Å²) < 4.78 is 14.7. The van der Waals surface area contributed by atoms with Gasteiger partial charge in [0.05, 0.1) is 0 Å². The van der Waals surface area contributed by atoms with Gasteiger partial charge in [0, 0.05) is 20.6 Å². The van der Waals surface area contributed by atoms with Gasteiger partial charge in [-0.25, -0.2) is 4.39 Å². The molecule has 0 fully saturated rings. The van der Waals surface area contributed by atoms with Crippen molar-refractivity contribution in [3.8, 4) is 0 Å². The van der Waals surface area contributed by atoms with E-state index < -0.39 is 4.92 Å². The number of benzene rings is 1. The summed E-state index contributed by atoms with van der Waals surface area (Å²) in [7, 11) is 3.38. The summed E-state index contributed by atoms with van der Waals surface area (Å²) in [6, 6.07) is 6.13. The topological polar surface area (TPSA) is 64.2 Å². The van der Waals surface area contributed by atoms with Crippen LogP contribution in [0.25, 0.3) is 0 Å². The average molecular weight is 264 g/mol. The molecule has 0 saturated heterocycles. The van der Waals surface area contributed by atoms with Gasteiger partial charge >= 0.3 is 5.82 Å². The van der Waals surface area contributed by atoms with Crippen molar-refractivity contribution in [1.82, 2.24) is 9.55 Å². The van der Waals surface area contributed by atoms with Gasteiger partial charge in [0.2, 0.25) is 12.1 Å². The van der Waals surface area contributed by atoms with E-state index in [1.54, 1.807) is 35.7 Å². The molecule has 2 rings (SSSR count). The molecule has 0 aliphatic carbocycles. The Morgan fingerprint density at radius 3 is 2.89 bits per heavy atom. The SMILES string of the molecule is CN(Cc1cccc(F)c1)c1c([N+](=O)[O-])ncn1C. The Hall–Kier alpha value is -2.44. The summed E-state index contributed by atoms with van der Waals surface area (Å²) in [6.07, 6.45) is 1.38. The van der Waals surface area contributed by atoms with Gasteiger partial charge in [-0.3, -0.25) is 4.57 Å². The molecule has 0 bridgehead atoms. The quantitative estimate of drug-likeness (QED) is 0.626. The molecule has 19 heavy (non-hydrogen) atoms. The number of aromatic nitrogens is 2. The molecule has 0 unspecified atom stereocenters. The highest BCUT2D eigenvalue weighted by molar-refractivity contribution is 5.54. The van der Waals surface area contributed by atoms with Gasteiger partial charge < -0.3 is 15.0 Å². The Labute approximate surface area is 109 Å². The van der Waals surface area contributed by atoms with Crippen LogP contribution in [0, 0.1) is 15.9 Å². The van der Waals surface area contributed by atoms with E-state index in [1.807, 2.05) is 0 Å². The molecule has 0 aliphatic heterocycles. The minimum absolute atomic E-state index is 0.207. The van der Waals surface area contributed by atoms with Crippen LogP contribution in [0.15, 0.2) is 30.6 Å². The minimum atomic E-state index is -0.530. The number of imidazole rings is 1. The molecule has 1 heterocycles. The van der Waals surface area contributed by atoms with Crippen LogP contribution >= 0.6 is 0 Å². The number of rotatable bonds is 4. The maximum Gasteiger partial charge on any atom is 0.406 e. The Morgan fingerprint density at radius 1 is 1.53 bits per heavy atom. The van der Waals surface area contributed by atoms with Crippen LogP contribution in [-0.4, -0.2) is 21.5 Å². The van der Waals surface area contributed by atoms with Crippen LogP contribution in [0.1, 0.15) is 5.56 Å². The predicted octanol–water partition coefficient (Wildman–Crippen LogP) is 2.10. The Morgan fingerprint density at radius 2 is 2.26 bits per heavy atom. The maximum absolute atomic E-state index is 13.1. The molecule has 6 nitrogen and oxygen atoms in total. The van der Waals surface area contributed by atoms with Crippen molar-refractivity contribution in [2.45, 2.75) is 6.54 Å². The van der Waals surface area contributed by atoms with Crippen molar-refractivity contribution in [2.75, 3.05) is 11.9 Å². The van der Waals surface area contributed by atoms with Gasteiger partial charge in [0.15, 0.2) is 0 Å². The summed E-state index contributed by atoms with van der Waals surface area (Å²) in [5.74, 6) is -0.152. The maximum atomic E-state index is 13.1. The van der Waals surface area contributed by atoms with E-state index in [9.17, 15) is 14.5 Å². The van der Waals surface area contributed by atoms with E-state index in [-0.39, 0.29) is 11.6 Å². The van der Waals surface area contributed by atoms with Crippen LogP contribution in [-0.2, 0) is 13.6 Å². The largest absolute Gasteiger partial charge is 0.406 e. The Bertz CT molecular complexity index is 612. The van der Waals surface area contributed by atoms with Crippen LogP contribution in [0.2, 0.25) is 0 Å². The van der Waals surface area contributed by atoms with Gasteiger partial charge in [-0.2, -0.15) is 0 Å². The zero-order chi connectivity index (χ0) is 14.0. The van der Waals surface area contributed by atoms with Gasteiger partial charge in [0.1, 0.15) is 5.82 Å². The average Bonchev–Trinajstić information content (AvgIpc) is 2.71. The zero-order valence-corrected chi connectivity index (χ0v) is 10.6. The molecule has 0 saturated carbocycles. The summed E-state index contributed by atoms with van der Waals surface area (Å²) in [4.78, 5) is 15.8. The highest BCUT2D eigenvalue weighted by atomic mass is 19.1. The molecular weight excluding hydrogens is 251 g/mol. The van der Waals surface area contributed by atoms with Crippen molar-refractivity contribution in [2.24, 2.45) is 7.05 Å². The Kier molecular flexibility index (Phi) is 3.46. The molecule has 0 N–H and O–H groups in total. The van der Waals surface area contributed by atoms with Crippen LogP contribution in [0.5, 0.6) is 0 Å². The highest BCUT2D eigenvalue weighted by Gasteiger charge is 2.23. The molecule has 1 aromatic carbocycles. The monoisotopic (exact) mass is 264 g/mol. The molecule has 0 radical (unpaired) electrons. The third-order valence-corrected chi connectivity index (χ3v) is 2.73. The second-order valence-corrected chi connectivity index (χ2v) is 4.25.